The first-order chi connectivity index (χ1) is 18.9. The summed E-state index contributed by atoms with van der Waals surface area (Å²) >= 11 is 0. The lowest BCUT2D eigenvalue weighted by atomic mass is 9.91. The van der Waals surface area contributed by atoms with Gasteiger partial charge in [-0.15, -0.1) is 0 Å². The smallest absolute Gasteiger partial charge is 0.239 e. The van der Waals surface area contributed by atoms with Gasteiger partial charge in [0.1, 0.15) is 11.6 Å². The number of alkyl halides is 2. The van der Waals surface area contributed by atoms with E-state index in [1.54, 1.807) is 12.4 Å². The minimum atomic E-state index is -2.37. The van der Waals surface area contributed by atoms with Crippen molar-refractivity contribution < 1.29 is 8.78 Å². The zero-order chi connectivity index (χ0) is 26.9. The fourth-order valence-electron chi connectivity index (χ4n) is 5.24. The molecule has 6 rings (SSSR count). The van der Waals surface area contributed by atoms with Crippen LogP contribution in [0.5, 0.6) is 0 Å². The monoisotopic (exact) mass is 531 g/mol. The maximum Gasteiger partial charge on any atom is 0.239 e. The molecule has 1 fully saturated rings. The number of anilines is 4. The Morgan fingerprint density at radius 3 is 2.77 bits per heavy atom. The van der Waals surface area contributed by atoms with Crippen LogP contribution in [0.1, 0.15) is 30.3 Å². The summed E-state index contributed by atoms with van der Waals surface area (Å²) in [5, 5.41) is 6.64. The van der Waals surface area contributed by atoms with Gasteiger partial charge in [0.15, 0.2) is 0 Å². The second kappa shape index (κ2) is 10.6. The molecule has 3 aliphatic heterocycles. The highest BCUT2D eigenvalue weighted by Crippen LogP contribution is 2.35. The van der Waals surface area contributed by atoms with E-state index in [0.717, 1.165) is 71.6 Å². The van der Waals surface area contributed by atoms with Crippen LogP contribution in [0.4, 0.5) is 37.7 Å². The number of fused-ring (bicyclic) bond motifs is 2. The number of pyridine rings is 2. The van der Waals surface area contributed by atoms with Gasteiger partial charge in [0.2, 0.25) is 12.4 Å². The molecule has 202 valence electrons. The fraction of sp³-hybridized carbons (Fsp3) is 0.393. The normalized spacial score (nSPS) is 19.1. The van der Waals surface area contributed by atoms with Gasteiger partial charge >= 0.3 is 0 Å². The third kappa shape index (κ3) is 5.44. The Kier molecular flexibility index (Phi) is 6.90. The molecule has 0 aromatic carbocycles. The Balaban J connectivity index is 1.21. The van der Waals surface area contributed by atoms with Crippen molar-refractivity contribution in [2.75, 3.05) is 55.3 Å². The number of piperazine rings is 1. The zero-order valence-electron chi connectivity index (χ0n) is 22.0. The van der Waals surface area contributed by atoms with Crippen LogP contribution in [-0.4, -0.2) is 76.7 Å². The highest BCUT2D eigenvalue weighted by molar-refractivity contribution is 5.90. The summed E-state index contributed by atoms with van der Waals surface area (Å²) in [7, 11) is 2.13. The van der Waals surface area contributed by atoms with Crippen LogP contribution in [0, 0.1) is 5.92 Å². The van der Waals surface area contributed by atoms with Crippen molar-refractivity contribution in [3.63, 3.8) is 0 Å². The number of likely N-dealkylation sites (N-methyl/N-ethyl adjacent to an activating group) is 1. The van der Waals surface area contributed by atoms with Gasteiger partial charge in [0.25, 0.3) is 0 Å². The van der Waals surface area contributed by atoms with Crippen molar-refractivity contribution in [2.45, 2.75) is 26.2 Å². The molecule has 0 amide bonds. The Morgan fingerprint density at radius 1 is 1.10 bits per heavy atom. The molecule has 11 heteroatoms. The Labute approximate surface area is 226 Å². The van der Waals surface area contributed by atoms with Crippen molar-refractivity contribution in [1.82, 2.24) is 24.8 Å². The Morgan fingerprint density at radius 2 is 1.95 bits per heavy atom. The van der Waals surface area contributed by atoms with Gasteiger partial charge < -0.3 is 20.4 Å². The highest BCUT2D eigenvalue weighted by Gasteiger charge is 2.26. The number of rotatable bonds is 6. The predicted octanol–water partition coefficient (Wildman–Crippen LogP) is 4.54. The number of hydrogen-bond donors (Lipinski definition) is 2. The molecule has 3 aromatic heterocycles. The molecule has 0 saturated carbocycles. The lowest BCUT2D eigenvalue weighted by Crippen LogP contribution is -2.44. The van der Waals surface area contributed by atoms with Crippen LogP contribution >= 0.6 is 0 Å². The van der Waals surface area contributed by atoms with E-state index in [0.29, 0.717) is 24.7 Å². The van der Waals surface area contributed by atoms with Crippen molar-refractivity contribution in [3.05, 3.63) is 59.7 Å². The van der Waals surface area contributed by atoms with E-state index in [1.165, 1.54) is 0 Å². The number of aromatic nitrogens is 4. The van der Waals surface area contributed by atoms with E-state index in [2.05, 4.69) is 42.4 Å². The van der Waals surface area contributed by atoms with Gasteiger partial charge in [-0.2, -0.15) is 4.98 Å². The molecule has 2 N–H and O–H groups in total. The maximum absolute atomic E-state index is 13.1. The summed E-state index contributed by atoms with van der Waals surface area (Å²) in [6.45, 7) is 6.31. The molecular weight excluding hydrogens is 500 g/mol. The zero-order valence-corrected chi connectivity index (χ0v) is 22.0. The van der Waals surface area contributed by atoms with Gasteiger partial charge in [-0.05, 0) is 32.2 Å². The average molecular weight is 532 g/mol. The molecule has 3 aromatic rings. The van der Waals surface area contributed by atoms with Crippen LogP contribution in [0.3, 0.4) is 0 Å². The van der Waals surface area contributed by atoms with E-state index in [1.807, 2.05) is 37.3 Å². The van der Waals surface area contributed by atoms with Gasteiger partial charge in [0.05, 0.1) is 17.1 Å². The number of hydrogen-bond acceptors (Lipinski definition) is 9. The number of nitrogens with zero attached hydrogens (tertiary/aromatic N) is 7. The van der Waals surface area contributed by atoms with Gasteiger partial charge in [0, 0.05) is 92.5 Å². The molecule has 3 aliphatic rings. The highest BCUT2D eigenvalue weighted by atomic mass is 19.3. The van der Waals surface area contributed by atoms with Gasteiger partial charge in [-0.25, -0.2) is 18.7 Å². The molecule has 6 heterocycles. The van der Waals surface area contributed by atoms with Crippen LogP contribution in [0.2, 0.25) is 0 Å². The van der Waals surface area contributed by atoms with Crippen molar-refractivity contribution in [2.24, 2.45) is 10.9 Å². The lowest BCUT2D eigenvalue weighted by molar-refractivity contribution is 0.125. The summed E-state index contributed by atoms with van der Waals surface area (Å²) < 4.78 is 26.1. The quantitative estimate of drug-likeness (QED) is 0.479. The second-order valence-corrected chi connectivity index (χ2v) is 10.2. The third-order valence-electron chi connectivity index (χ3n) is 7.50. The first-order valence-electron chi connectivity index (χ1n) is 13.2. The van der Waals surface area contributed by atoms with Crippen molar-refractivity contribution in [1.29, 1.82) is 0 Å². The third-order valence-corrected chi connectivity index (χ3v) is 7.50. The topological polar surface area (TPSA) is 94.5 Å². The van der Waals surface area contributed by atoms with Crippen molar-refractivity contribution in [3.8, 4) is 0 Å². The molecule has 0 unspecified atom stereocenters. The maximum atomic E-state index is 13.1. The summed E-state index contributed by atoms with van der Waals surface area (Å²) in [5.41, 5.74) is 5.62. The van der Waals surface area contributed by atoms with E-state index >= 15 is 0 Å². The molecule has 0 bridgehead atoms. The first kappa shape index (κ1) is 25.3. The molecule has 39 heavy (non-hydrogen) atoms. The van der Waals surface area contributed by atoms with Crippen LogP contribution in [0.25, 0.3) is 5.57 Å². The molecule has 1 saturated heterocycles. The largest absolute Gasteiger partial charge is 0.366 e. The Bertz CT molecular complexity index is 1430. The van der Waals surface area contributed by atoms with Crippen molar-refractivity contribution >= 4 is 40.2 Å². The SMILES string of the molecule is CC1=Nc2ccc(C3=CCNc4nc(Nc5ccnc(N6CCN(C)CC6)c5)ncc43)nc2C[C@@H]1CC(F)F. The summed E-state index contributed by atoms with van der Waals surface area (Å²) in [6.07, 6.45) is 3.53. The minimum absolute atomic E-state index is 0.200. The number of aliphatic imine (C=N–C) groups is 1. The molecule has 9 nitrogen and oxygen atoms in total. The van der Waals surface area contributed by atoms with E-state index in [9.17, 15) is 8.78 Å². The fourth-order valence-corrected chi connectivity index (χ4v) is 5.24. The summed E-state index contributed by atoms with van der Waals surface area (Å²) in [6, 6.07) is 7.77. The summed E-state index contributed by atoms with van der Waals surface area (Å²) in [4.78, 5) is 27.9. The molecule has 0 spiro atoms. The van der Waals surface area contributed by atoms with Crippen LogP contribution in [-0.2, 0) is 6.42 Å². The molecule has 0 radical (unpaired) electrons. The minimum Gasteiger partial charge on any atom is -0.366 e. The molecular formula is C28H31F2N9. The standard InChI is InChI=1S/C28H31F2N9/c1-17-18(14-25(29)30)13-24-23(34-17)4-3-22(36-24)20-6-8-32-27-21(20)16-33-28(37-27)35-19-5-7-31-26(15-19)39-11-9-38(2)10-12-39/h3-7,15-16,18,25H,8-14H2,1-2H3,(H2,31,32,33,35,37)/t18-/m1/s1. The second-order valence-electron chi connectivity index (χ2n) is 10.2. The number of nitrogens with one attached hydrogen (secondary N) is 2. The Hall–Kier alpha value is -3.99. The van der Waals surface area contributed by atoms with E-state index in [4.69, 9.17) is 9.97 Å². The lowest BCUT2D eigenvalue weighted by Gasteiger charge is -2.33. The summed E-state index contributed by atoms with van der Waals surface area (Å²) in [5.74, 6) is 1.83. The van der Waals surface area contributed by atoms with Crippen LogP contribution < -0.4 is 15.5 Å². The predicted molar refractivity (Wildman–Crippen MR) is 150 cm³/mol. The first-order valence-corrected chi connectivity index (χ1v) is 13.2. The number of halogens is 2. The van der Waals surface area contributed by atoms with Gasteiger partial charge in [-0.3, -0.25) is 9.98 Å². The average Bonchev–Trinajstić information content (AvgIpc) is 2.93. The van der Waals surface area contributed by atoms with Gasteiger partial charge in [-0.1, -0.05) is 6.08 Å². The van der Waals surface area contributed by atoms with E-state index < -0.39 is 6.43 Å². The van der Waals surface area contributed by atoms with Crippen LogP contribution in [0.15, 0.2) is 47.7 Å². The van der Waals surface area contributed by atoms with E-state index in [-0.39, 0.29) is 12.3 Å². The molecule has 0 aliphatic carbocycles. The molecule has 1 atom stereocenters.